The molecule has 0 aliphatic heterocycles. The highest BCUT2D eigenvalue weighted by Crippen LogP contribution is 2.16. The second-order valence-corrected chi connectivity index (χ2v) is 3.74. The maximum absolute atomic E-state index is 11.0. The summed E-state index contributed by atoms with van der Waals surface area (Å²) in [5.41, 5.74) is 0. The normalized spacial score (nSPS) is 12.4. The Morgan fingerprint density at radius 2 is 2.57 bits per heavy atom. The van der Waals surface area contributed by atoms with Crippen molar-refractivity contribution in [3.8, 4) is 0 Å². The van der Waals surface area contributed by atoms with Crippen LogP contribution in [0.3, 0.4) is 0 Å². The fourth-order valence-corrected chi connectivity index (χ4v) is 1.64. The molecule has 1 aromatic heterocycles. The fourth-order valence-electron chi connectivity index (χ4n) is 0.804. The van der Waals surface area contributed by atoms with E-state index in [-0.39, 0.29) is 11.9 Å². The minimum Gasteiger partial charge on any atom is -0.469 e. The van der Waals surface area contributed by atoms with Crippen LogP contribution in [0.25, 0.3) is 0 Å². The standard InChI is InChI=1S/C7H12N4O2S/c1-5(6(12)13-2)3-14-7-10-9-4-11(7)8/h4-5H,3,8H2,1-2H3. The summed E-state index contributed by atoms with van der Waals surface area (Å²) in [5, 5.41) is 7.97. The Morgan fingerprint density at radius 3 is 3.07 bits per heavy atom. The zero-order valence-electron chi connectivity index (χ0n) is 8.01. The number of hydrogen-bond donors (Lipinski definition) is 1. The van der Waals surface area contributed by atoms with E-state index in [1.54, 1.807) is 6.92 Å². The minimum absolute atomic E-state index is 0.179. The van der Waals surface area contributed by atoms with Crippen LogP contribution in [0, 0.1) is 5.92 Å². The van der Waals surface area contributed by atoms with E-state index in [1.165, 1.54) is 29.9 Å². The highest BCUT2D eigenvalue weighted by atomic mass is 32.2. The number of nitrogens with zero attached hydrogens (tertiary/aromatic N) is 3. The summed E-state index contributed by atoms with van der Waals surface area (Å²) in [7, 11) is 1.37. The van der Waals surface area contributed by atoms with Gasteiger partial charge in [0.15, 0.2) is 0 Å². The average molecular weight is 216 g/mol. The van der Waals surface area contributed by atoms with E-state index in [0.717, 1.165) is 0 Å². The lowest BCUT2D eigenvalue weighted by Crippen LogP contribution is -2.16. The smallest absolute Gasteiger partial charge is 0.309 e. The van der Waals surface area contributed by atoms with Crippen molar-refractivity contribution in [3.63, 3.8) is 0 Å². The number of rotatable bonds is 4. The molecule has 2 N–H and O–H groups in total. The molecular weight excluding hydrogens is 204 g/mol. The Balaban J connectivity index is 2.41. The van der Waals surface area contributed by atoms with Gasteiger partial charge in [-0.2, -0.15) is 0 Å². The molecule has 1 atom stereocenters. The number of nitrogens with two attached hydrogens (primary N) is 1. The monoisotopic (exact) mass is 216 g/mol. The van der Waals surface area contributed by atoms with Crippen LogP contribution in [-0.2, 0) is 9.53 Å². The molecule has 1 rings (SSSR count). The molecule has 78 valence electrons. The van der Waals surface area contributed by atoms with Gasteiger partial charge in [0, 0.05) is 5.75 Å². The Morgan fingerprint density at radius 1 is 1.86 bits per heavy atom. The zero-order chi connectivity index (χ0) is 10.6. The molecule has 0 aliphatic rings. The van der Waals surface area contributed by atoms with Crippen molar-refractivity contribution in [2.45, 2.75) is 12.1 Å². The van der Waals surface area contributed by atoms with E-state index in [4.69, 9.17) is 5.84 Å². The number of esters is 1. The first-order valence-electron chi connectivity index (χ1n) is 4.01. The van der Waals surface area contributed by atoms with Gasteiger partial charge < -0.3 is 10.6 Å². The molecule has 0 saturated heterocycles. The molecule has 0 saturated carbocycles. The van der Waals surface area contributed by atoms with Crippen LogP contribution < -0.4 is 5.84 Å². The molecule has 1 heterocycles. The molecule has 0 aliphatic carbocycles. The lowest BCUT2D eigenvalue weighted by Gasteiger charge is -2.07. The maximum Gasteiger partial charge on any atom is 0.309 e. The molecule has 1 aromatic rings. The number of methoxy groups -OCH3 is 1. The van der Waals surface area contributed by atoms with Gasteiger partial charge in [0.1, 0.15) is 6.33 Å². The SMILES string of the molecule is COC(=O)C(C)CSc1nncn1N. The van der Waals surface area contributed by atoms with Crippen LogP contribution in [0.5, 0.6) is 0 Å². The van der Waals surface area contributed by atoms with E-state index < -0.39 is 0 Å². The van der Waals surface area contributed by atoms with Gasteiger partial charge in [-0.3, -0.25) is 4.79 Å². The summed E-state index contributed by atoms with van der Waals surface area (Å²) in [5.74, 6) is 5.65. The molecule has 0 spiro atoms. The van der Waals surface area contributed by atoms with Crippen LogP contribution in [0.4, 0.5) is 0 Å². The number of aromatic nitrogens is 3. The molecular formula is C7H12N4O2S. The third-order valence-corrected chi connectivity index (χ3v) is 2.82. The predicted molar refractivity (Wildman–Crippen MR) is 52.1 cm³/mol. The quantitative estimate of drug-likeness (QED) is 0.429. The summed E-state index contributed by atoms with van der Waals surface area (Å²) in [4.78, 5) is 11.0. The van der Waals surface area contributed by atoms with E-state index in [9.17, 15) is 4.79 Å². The summed E-state index contributed by atoms with van der Waals surface area (Å²) in [6, 6.07) is 0. The van der Waals surface area contributed by atoms with Crippen molar-refractivity contribution >= 4 is 17.7 Å². The third kappa shape index (κ3) is 2.63. The topological polar surface area (TPSA) is 83.0 Å². The highest BCUT2D eigenvalue weighted by molar-refractivity contribution is 7.99. The average Bonchev–Trinajstić information content (AvgIpc) is 2.59. The van der Waals surface area contributed by atoms with Gasteiger partial charge in [0.25, 0.3) is 0 Å². The summed E-state index contributed by atoms with van der Waals surface area (Å²) < 4.78 is 5.90. The van der Waals surface area contributed by atoms with Gasteiger partial charge in [-0.15, -0.1) is 10.2 Å². The Bertz CT molecular complexity index is 314. The summed E-state index contributed by atoms with van der Waals surface area (Å²) in [6.45, 7) is 1.79. The predicted octanol–water partition coefficient (Wildman–Crippen LogP) is -0.107. The van der Waals surface area contributed by atoms with E-state index in [0.29, 0.717) is 10.9 Å². The highest BCUT2D eigenvalue weighted by Gasteiger charge is 2.14. The number of nitrogen functional groups attached to an aromatic ring is 1. The number of thioether (sulfide) groups is 1. The first kappa shape index (κ1) is 10.8. The first-order valence-corrected chi connectivity index (χ1v) is 4.99. The van der Waals surface area contributed by atoms with E-state index in [1.807, 2.05) is 0 Å². The first-order chi connectivity index (χ1) is 6.65. The number of ether oxygens (including phenoxy) is 1. The molecule has 0 amide bonds. The van der Waals surface area contributed by atoms with Crippen LogP contribution in [-0.4, -0.2) is 33.7 Å². The molecule has 1 unspecified atom stereocenters. The third-order valence-electron chi connectivity index (χ3n) is 1.61. The van der Waals surface area contributed by atoms with Crippen molar-refractivity contribution < 1.29 is 9.53 Å². The second kappa shape index (κ2) is 4.85. The van der Waals surface area contributed by atoms with Crippen molar-refractivity contribution in [1.29, 1.82) is 0 Å². The van der Waals surface area contributed by atoms with Gasteiger partial charge >= 0.3 is 5.97 Å². The lowest BCUT2D eigenvalue weighted by atomic mass is 10.2. The minimum atomic E-state index is -0.236. The van der Waals surface area contributed by atoms with Gasteiger partial charge in [0.2, 0.25) is 5.16 Å². The van der Waals surface area contributed by atoms with Crippen molar-refractivity contribution in [1.82, 2.24) is 14.9 Å². The number of carbonyl (C=O) groups excluding carboxylic acids is 1. The molecule has 14 heavy (non-hydrogen) atoms. The maximum atomic E-state index is 11.0. The van der Waals surface area contributed by atoms with Crippen LogP contribution >= 0.6 is 11.8 Å². The fraction of sp³-hybridized carbons (Fsp3) is 0.571. The number of carbonyl (C=O) groups is 1. The molecule has 0 bridgehead atoms. The van der Waals surface area contributed by atoms with Crippen molar-refractivity contribution in [2.75, 3.05) is 18.7 Å². The van der Waals surface area contributed by atoms with Crippen LogP contribution in [0.2, 0.25) is 0 Å². The summed E-state index contributed by atoms with van der Waals surface area (Å²) in [6.07, 6.45) is 1.41. The summed E-state index contributed by atoms with van der Waals surface area (Å²) >= 11 is 1.37. The van der Waals surface area contributed by atoms with Crippen molar-refractivity contribution in [3.05, 3.63) is 6.33 Å². The largest absolute Gasteiger partial charge is 0.469 e. The van der Waals surface area contributed by atoms with E-state index in [2.05, 4.69) is 14.9 Å². The Kier molecular flexibility index (Phi) is 3.75. The van der Waals surface area contributed by atoms with E-state index >= 15 is 0 Å². The molecule has 0 fully saturated rings. The zero-order valence-corrected chi connectivity index (χ0v) is 8.82. The van der Waals surface area contributed by atoms with Crippen molar-refractivity contribution in [2.24, 2.45) is 5.92 Å². The van der Waals surface area contributed by atoms with Gasteiger partial charge in [-0.05, 0) is 0 Å². The molecule has 0 radical (unpaired) electrons. The molecule has 7 heteroatoms. The van der Waals surface area contributed by atoms with Gasteiger partial charge in [0.05, 0.1) is 13.0 Å². The molecule has 0 aromatic carbocycles. The number of hydrogen-bond acceptors (Lipinski definition) is 6. The van der Waals surface area contributed by atoms with Crippen LogP contribution in [0.15, 0.2) is 11.5 Å². The van der Waals surface area contributed by atoms with Gasteiger partial charge in [-0.1, -0.05) is 18.7 Å². The lowest BCUT2D eigenvalue weighted by molar-refractivity contribution is -0.143. The van der Waals surface area contributed by atoms with Gasteiger partial charge in [-0.25, -0.2) is 4.68 Å². The second-order valence-electron chi connectivity index (χ2n) is 2.76. The Labute approximate surface area is 85.8 Å². The molecule has 6 nitrogen and oxygen atoms in total. The Hall–Kier alpha value is -1.24. The van der Waals surface area contributed by atoms with Crippen LogP contribution in [0.1, 0.15) is 6.92 Å².